The summed E-state index contributed by atoms with van der Waals surface area (Å²) >= 11 is 11.7. The van der Waals surface area contributed by atoms with E-state index in [9.17, 15) is 8.42 Å². The smallest absolute Gasteiger partial charge is 0.228 e. The van der Waals surface area contributed by atoms with Gasteiger partial charge in [-0.15, -0.1) is 0 Å². The van der Waals surface area contributed by atoms with Crippen LogP contribution in [-0.2, 0) is 28.7 Å². The van der Waals surface area contributed by atoms with Gasteiger partial charge in [-0.3, -0.25) is 0 Å². The first-order valence-corrected chi connectivity index (χ1v) is 13.7. The molecule has 33 heavy (non-hydrogen) atoms. The van der Waals surface area contributed by atoms with Gasteiger partial charge in [0.15, 0.2) is 5.11 Å². The Bertz CT molecular complexity index is 1060. The Balaban J connectivity index is 1.88. The van der Waals surface area contributed by atoms with Crippen molar-refractivity contribution < 1.29 is 8.42 Å². The lowest BCUT2D eigenvalue weighted by Crippen LogP contribution is -2.43. The average molecular weight is 512 g/mol. The summed E-state index contributed by atoms with van der Waals surface area (Å²) in [6, 6.07) is 7.39. The molecule has 10 heteroatoms. The van der Waals surface area contributed by atoms with Crippen molar-refractivity contribution in [2.24, 2.45) is 5.92 Å². The predicted molar refractivity (Wildman–Crippen MR) is 137 cm³/mol. The van der Waals surface area contributed by atoms with Crippen LogP contribution in [0.3, 0.4) is 0 Å². The van der Waals surface area contributed by atoms with Crippen molar-refractivity contribution in [2.45, 2.75) is 56.7 Å². The summed E-state index contributed by atoms with van der Waals surface area (Å²) < 4.78 is 28.5. The molecule has 1 aromatic carbocycles. The largest absolute Gasteiger partial charge is 0.360 e. The summed E-state index contributed by atoms with van der Waals surface area (Å²) in [7, 11) is 0.395. The van der Waals surface area contributed by atoms with Gasteiger partial charge in [-0.1, -0.05) is 37.6 Å². The molecule has 1 aliphatic rings. The molecule has 0 aliphatic heterocycles. The Kier molecular flexibility index (Phi) is 8.77. The molecule has 1 aromatic heterocycles. The Hall–Kier alpha value is -1.68. The molecule has 0 spiro atoms. The van der Waals surface area contributed by atoms with Crippen molar-refractivity contribution in [2.75, 3.05) is 27.2 Å². The molecule has 1 saturated carbocycles. The first kappa shape index (κ1) is 25.9. The van der Waals surface area contributed by atoms with Gasteiger partial charge in [0, 0.05) is 30.7 Å². The van der Waals surface area contributed by atoms with Crippen LogP contribution in [0.1, 0.15) is 37.9 Å². The molecule has 0 radical (unpaired) electrons. The minimum absolute atomic E-state index is 0.0970. The minimum Gasteiger partial charge on any atom is -0.360 e. The Morgan fingerprint density at radius 2 is 2.03 bits per heavy atom. The number of nitrogens with one attached hydrogen (secondary N) is 1. The number of hydrogen-bond acceptors (Lipinski definition) is 5. The maximum absolute atomic E-state index is 13.3. The highest BCUT2D eigenvalue weighted by Crippen LogP contribution is 2.23. The summed E-state index contributed by atoms with van der Waals surface area (Å²) in [6.07, 6.45) is 3.95. The van der Waals surface area contributed by atoms with Gasteiger partial charge in [0.2, 0.25) is 15.0 Å². The monoisotopic (exact) mass is 511 g/mol. The van der Waals surface area contributed by atoms with E-state index in [0.29, 0.717) is 34.8 Å². The number of benzene rings is 1. The minimum atomic E-state index is -3.66. The van der Waals surface area contributed by atoms with E-state index in [4.69, 9.17) is 23.8 Å². The molecule has 1 N–H and O–H groups in total. The van der Waals surface area contributed by atoms with Gasteiger partial charge in [0.05, 0.1) is 24.2 Å². The molecule has 0 bridgehead atoms. The topological polar surface area (TPSA) is 70.5 Å². The van der Waals surface area contributed by atoms with Crippen LogP contribution in [0, 0.1) is 5.92 Å². The number of likely N-dealkylation sites (N-methyl/N-ethyl adjacent to an activating group) is 1. The van der Waals surface area contributed by atoms with Crippen molar-refractivity contribution in [3.63, 3.8) is 0 Å². The lowest BCUT2D eigenvalue weighted by Gasteiger charge is -2.28. The Labute approximate surface area is 208 Å². The van der Waals surface area contributed by atoms with E-state index >= 15 is 0 Å². The number of halogens is 1. The molecule has 1 aliphatic carbocycles. The third-order valence-electron chi connectivity index (χ3n) is 5.34. The van der Waals surface area contributed by atoms with E-state index in [1.165, 1.54) is 0 Å². The van der Waals surface area contributed by atoms with Gasteiger partial charge < -0.3 is 19.7 Å². The quantitative estimate of drug-likeness (QED) is 0.462. The molecule has 0 saturated heterocycles. The van der Waals surface area contributed by atoms with Crippen molar-refractivity contribution >= 4 is 38.8 Å². The molecular weight excluding hydrogens is 478 g/mol. The summed E-state index contributed by atoms with van der Waals surface area (Å²) in [4.78, 5) is 8.60. The van der Waals surface area contributed by atoms with E-state index in [2.05, 4.69) is 33.9 Å². The second-order valence-corrected chi connectivity index (χ2v) is 12.1. The fraction of sp³-hybridized carbons (Fsp3) is 0.565. The number of thiocarbonyl (C=S) groups is 1. The summed E-state index contributed by atoms with van der Waals surface area (Å²) in [5.41, 5.74) is 1.48. The molecule has 0 atom stereocenters. The third-order valence-corrected chi connectivity index (χ3v) is 7.54. The first-order chi connectivity index (χ1) is 15.5. The van der Waals surface area contributed by atoms with Gasteiger partial charge in [-0.05, 0) is 62.8 Å². The van der Waals surface area contributed by atoms with E-state index in [-0.39, 0.29) is 16.8 Å². The fourth-order valence-corrected chi connectivity index (χ4v) is 5.52. The zero-order valence-electron chi connectivity index (χ0n) is 19.8. The zero-order valence-corrected chi connectivity index (χ0v) is 22.2. The standard InChI is InChI=1S/C23H34ClN5O2S2/c1-17(2)14-29-21(15-28(11-10-27(3)4)22(32)26-20-8-9-20)13-25-23(29)33(30,31)16-18-6-5-7-19(24)12-18/h5-7,12-13,17,20H,8-11,14-16H2,1-4H3,(H,26,32). The molecule has 2 aromatic rings. The van der Waals surface area contributed by atoms with Crippen LogP contribution < -0.4 is 5.32 Å². The van der Waals surface area contributed by atoms with Crippen molar-refractivity contribution in [1.29, 1.82) is 0 Å². The molecule has 1 fully saturated rings. The lowest BCUT2D eigenvalue weighted by atomic mass is 10.2. The highest BCUT2D eigenvalue weighted by atomic mass is 35.5. The first-order valence-electron chi connectivity index (χ1n) is 11.3. The van der Waals surface area contributed by atoms with Crippen molar-refractivity contribution in [3.05, 3.63) is 46.7 Å². The van der Waals surface area contributed by atoms with Crippen LogP contribution in [0.4, 0.5) is 0 Å². The maximum Gasteiger partial charge on any atom is 0.228 e. The Morgan fingerprint density at radius 1 is 1.30 bits per heavy atom. The molecule has 3 rings (SSSR count). The zero-order chi connectivity index (χ0) is 24.2. The van der Waals surface area contributed by atoms with E-state index in [1.807, 2.05) is 18.7 Å². The highest BCUT2D eigenvalue weighted by molar-refractivity contribution is 7.90. The van der Waals surface area contributed by atoms with Crippen LogP contribution in [0.2, 0.25) is 5.02 Å². The highest BCUT2D eigenvalue weighted by Gasteiger charge is 2.27. The van der Waals surface area contributed by atoms with Gasteiger partial charge in [0.1, 0.15) is 0 Å². The number of imidazole rings is 1. The van der Waals surface area contributed by atoms with Gasteiger partial charge in [-0.25, -0.2) is 13.4 Å². The van der Waals surface area contributed by atoms with Crippen LogP contribution in [0.5, 0.6) is 0 Å². The summed E-state index contributed by atoms with van der Waals surface area (Å²) in [6.45, 7) is 6.77. The predicted octanol–water partition coefficient (Wildman–Crippen LogP) is 3.57. The second kappa shape index (κ2) is 11.2. The van der Waals surface area contributed by atoms with Crippen molar-refractivity contribution in [3.8, 4) is 0 Å². The lowest BCUT2D eigenvalue weighted by molar-refractivity contribution is 0.314. The summed E-state index contributed by atoms with van der Waals surface area (Å²) in [5.74, 6) is 0.110. The van der Waals surface area contributed by atoms with E-state index < -0.39 is 9.84 Å². The molecular formula is C23H34ClN5O2S2. The SMILES string of the molecule is CC(C)Cn1c(CN(CCN(C)C)C(=S)NC2CC2)cnc1S(=O)(=O)Cc1cccc(Cl)c1. The number of sulfone groups is 1. The fourth-order valence-electron chi connectivity index (χ4n) is 3.50. The van der Waals surface area contributed by atoms with Crippen LogP contribution >= 0.6 is 23.8 Å². The van der Waals surface area contributed by atoms with Crippen LogP contribution in [0.15, 0.2) is 35.6 Å². The molecule has 182 valence electrons. The third kappa shape index (κ3) is 7.67. The molecule has 0 amide bonds. The van der Waals surface area contributed by atoms with E-state index in [0.717, 1.165) is 31.6 Å². The van der Waals surface area contributed by atoms with Gasteiger partial charge >= 0.3 is 0 Å². The Morgan fingerprint density at radius 3 is 2.64 bits per heavy atom. The normalized spacial score (nSPS) is 14.2. The van der Waals surface area contributed by atoms with Gasteiger partial charge in [0.25, 0.3) is 0 Å². The molecule has 7 nitrogen and oxygen atoms in total. The van der Waals surface area contributed by atoms with Gasteiger partial charge in [-0.2, -0.15) is 0 Å². The summed E-state index contributed by atoms with van der Waals surface area (Å²) in [5, 5.41) is 4.73. The number of aromatic nitrogens is 2. The number of hydrogen-bond donors (Lipinski definition) is 1. The number of nitrogens with zero attached hydrogens (tertiary/aromatic N) is 4. The van der Waals surface area contributed by atoms with Crippen LogP contribution in [-0.4, -0.2) is 66.1 Å². The molecule has 0 unspecified atom stereocenters. The number of rotatable bonds is 11. The average Bonchev–Trinajstić information content (AvgIpc) is 3.43. The maximum atomic E-state index is 13.3. The van der Waals surface area contributed by atoms with Crippen molar-refractivity contribution in [1.82, 2.24) is 24.7 Å². The van der Waals surface area contributed by atoms with Crippen LogP contribution in [0.25, 0.3) is 0 Å². The second-order valence-electron chi connectivity index (χ2n) is 9.37. The van der Waals surface area contributed by atoms with E-state index in [1.54, 1.807) is 30.5 Å². The molecule has 1 heterocycles.